The number of carboxylic acids is 1. The summed E-state index contributed by atoms with van der Waals surface area (Å²) in [5.74, 6) is -1.20. The van der Waals surface area contributed by atoms with Crippen molar-refractivity contribution in [3.05, 3.63) is 0 Å². The molecule has 7 heavy (non-hydrogen) atoms. The Bertz CT molecular complexity index is 98.4. The van der Waals surface area contributed by atoms with Crippen molar-refractivity contribution in [2.24, 2.45) is 0 Å². The van der Waals surface area contributed by atoms with E-state index in [-0.39, 0.29) is 0 Å². The molecule has 0 aromatic rings. The van der Waals surface area contributed by atoms with Gasteiger partial charge in [-0.25, -0.2) is 4.79 Å². The van der Waals surface area contributed by atoms with E-state index >= 15 is 0 Å². The highest BCUT2D eigenvalue weighted by Gasteiger charge is 2.02. The molecule has 0 aromatic carbocycles. The lowest BCUT2D eigenvalue weighted by molar-refractivity contribution is -0.130. The molecule has 0 unspecified atom stereocenters. The van der Waals surface area contributed by atoms with Crippen molar-refractivity contribution < 1.29 is 14.6 Å². The highest BCUT2D eigenvalue weighted by Crippen LogP contribution is 1.74. The van der Waals surface area contributed by atoms with Gasteiger partial charge in [0.15, 0.2) is 0 Å². The first-order chi connectivity index (χ1) is 3.18. The lowest BCUT2D eigenvalue weighted by Crippen LogP contribution is -2.10. The number of methoxy groups -OCH3 is 1. The molecular weight excluding hydrogens is 116 g/mol. The summed E-state index contributed by atoms with van der Waals surface area (Å²) in [6.07, 6.45) is 0. The quantitative estimate of drug-likeness (QED) is 0.459. The zero-order chi connectivity index (χ0) is 5.86. The Kier molecular flexibility index (Phi) is 2.29. The maximum absolute atomic E-state index is 9.66. The van der Waals surface area contributed by atoms with Crippen LogP contribution in [0, 0.1) is 0 Å². The van der Waals surface area contributed by atoms with Gasteiger partial charge in [-0.15, -0.1) is 0 Å². The van der Waals surface area contributed by atoms with Crippen LogP contribution in [0.3, 0.4) is 0 Å². The van der Waals surface area contributed by atoms with E-state index < -0.39 is 11.0 Å². The molecule has 40 valence electrons. The van der Waals surface area contributed by atoms with E-state index in [4.69, 9.17) is 5.11 Å². The second-order valence-corrected chi connectivity index (χ2v) is 1.17. The lowest BCUT2D eigenvalue weighted by Gasteiger charge is -1.89. The fourth-order valence-electron chi connectivity index (χ4n) is 0.0873. The third-order valence-electron chi connectivity index (χ3n) is 0.360. The van der Waals surface area contributed by atoms with Gasteiger partial charge in [0, 0.05) is 0 Å². The number of aliphatic carboxylic acids is 1. The molecule has 0 heterocycles. The first-order valence-corrected chi connectivity index (χ1v) is 1.90. The van der Waals surface area contributed by atoms with Crippen LogP contribution in [-0.4, -0.2) is 23.2 Å². The van der Waals surface area contributed by atoms with Crippen LogP contribution in [0.15, 0.2) is 0 Å². The molecule has 0 aliphatic rings. The minimum absolute atomic E-state index is 0.403. The number of carboxylic acid groups (broad SMARTS) is 1. The Balaban J connectivity index is 3.58. The molecular formula is C3H4O3S. The van der Waals surface area contributed by atoms with Crippen LogP contribution in [0.1, 0.15) is 0 Å². The van der Waals surface area contributed by atoms with Crippen LogP contribution in [-0.2, 0) is 9.53 Å². The van der Waals surface area contributed by atoms with Crippen LogP contribution < -0.4 is 0 Å². The molecule has 3 nitrogen and oxygen atoms in total. The highest BCUT2D eigenvalue weighted by atomic mass is 32.1. The molecule has 0 aliphatic carbocycles. The number of rotatable bonds is 0. The van der Waals surface area contributed by atoms with Crippen LogP contribution >= 0.6 is 12.2 Å². The van der Waals surface area contributed by atoms with Gasteiger partial charge in [0.1, 0.15) is 0 Å². The van der Waals surface area contributed by atoms with Crippen molar-refractivity contribution >= 4 is 23.2 Å². The van der Waals surface area contributed by atoms with E-state index in [2.05, 4.69) is 17.0 Å². The second kappa shape index (κ2) is 2.52. The number of hydrogen-bond acceptors (Lipinski definition) is 3. The number of ether oxygens (including phenoxy) is 1. The fourth-order valence-corrected chi connectivity index (χ4v) is 0.0873. The minimum Gasteiger partial charge on any atom is -0.482 e. The summed E-state index contributed by atoms with van der Waals surface area (Å²) in [7, 11) is 1.22. The summed E-state index contributed by atoms with van der Waals surface area (Å²) in [6, 6.07) is 0. The third kappa shape index (κ3) is 2.11. The van der Waals surface area contributed by atoms with Crippen molar-refractivity contribution in [2.45, 2.75) is 0 Å². The van der Waals surface area contributed by atoms with E-state index in [0.29, 0.717) is 0 Å². The van der Waals surface area contributed by atoms with Gasteiger partial charge in [0.2, 0.25) is 0 Å². The molecule has 0 spiro atoms. The van der Waals surface area contributed by atoms with Gasteiger partial charge in [-0.1, -0.05) is 0 Å². The molecule has 0 radical (unpaired) electrons. The number of hydrogen-bond donors (Lipinski definition) is 1. The standard InChI is InChI=1S/C3H4O3S/c1-6-3(7)2(4)5/h1H3,(H,4,5). The summed E-state index contributed by atoms with van der Waals surface area (Å²) < 4.78 is 4.14. The van der Waals surface area contributed by atoms with Gasteiger partial charge < -0.3 is 9.84 Å². The second-order valence-electron chi connectivity index (χ2n) is 0.797. The van der Waals surface area contributed by atoms with Crippen LogP contribution in [0.2, 0.25) is 0 Å². The predicted octanol–water partition coefficient (Wildman–Crippen LogP) is 0.0448. The van der Waals surface area contributed by atoms with Gasteiger partial charge in [0.05, 0.1) is 7.11 Å². The minimum atomic E-state index is -1.20. The summed E-state index contributed by atoms with van der Waals surface area (Å²) in [5.41, 5.74) is 0. The molecule has 0 saturated heterocycles. The molecule has 0 amide bonds. The Morgan fingerprint density at radius 3 is 2.29 bits per heavy atom. The molecule has 0 saturated carbocycles. The monoisotopic (exact) mass is 120 g/mol. The van der Waals surface area contributed by atoms with Gasteiger partial charge in [-0.05, 0) is 12.2 Å². The van der Waals surface area contributed by atoms with E-state index in [1.54, 1.807) is 0 Å². The first kappa shape index (κ1) is 6.36. The smallest absolute Gasteiger partial charge is 0.383 e. The maximum Gasteiger partial charge on any atom is 0.383 e. The maximum atomic E-state index is 9.66. The van der Waals surface area contributed by atoms with Crippen molar-refractivity contribution in [3.63, 3.8) is 0 Å². The molecule has 0 rings (SSSR count). The number of carbonyl (C=O) groups is 1. The van der Waals surface area contributed by atoms with Crippen LogP contribution in [0.4, 0.5) is 0 Å². The SMILES string of the molecule is COC(=S)C(=O)O. The lowest BCUT2D eigenvalue weighted by atomic mass is 10.7. The highest BCUT2D eigenvalue weighted by molar-refractivity contribution is 7.81. The van der Waals surface area contributed by atoms with E-state index in [9.17, 15) is 4.79 Å². The molecule has 0 fully saturated rings. The van der Waals surface area contributed by atoms with Crippen molar-refractivity contribution in [1.82, 2.24) is 0 Å². The molecule has 4 heteroatoms. The molecule has 0 aliphatic heterocycles. The average molecular weight is 120 g/mol. The van der Waals surface area contributed by atoms with Gasteiger partial charge in [-0.3, -0.25) is 0 Å². The Morgan fingerprint density at radius 2 is 2.29 bits per heavy atom. The van der Waals surface area contributed by atoms with E-state index in [0.717, 1.165) is 0 Å². The van der Waals surface area contributed by atoms with Crippen molar-refractivity contribution in [3.8, 4) is 0 Å². The zero-order valence-electron chi connectivity index (χ0n) is 3.67. The van der Waals surface area contributed by atoms with E-state index in [1.807, 2.05) is 0 Å². The largest absolute Gasteiger partial charge is 0.482 e. The topological polar surface area (TPSA) is 46.5 Å². The van der Waals surface area contributed by atoms with Crippen LogP contribution in [0.5, 0.6) is 0 Å². The molecule has 0 bridgehead atoms. The number of thiocarbonyl (C=S) groups is 1. The van der Waals surface area contributed by atoms with Crippen molar-refractivity contribution in [1.29, 1.82) is 0 Å². The first-order valence-electron chi connectivity index (χ1n) is 1.49. The fraction of sp³-hybridized carbons (Fsp3) is 0.333. The Hall–Kier alpha value is -0.640. The molecule has 0 aromatic heterocycles. The van der Waals surface area contributed by atoms with Crippen LogP contribution in [0.25, 0.3) is 0 Å². The Labute approximate surface area is 45.9 Å². The molecule has 0 atom stereocenters. The summed E-state index contributed by atoms with van der Waals surface area (Å²) in [5, 5.41) is 7.51. The average Bonchev–Trinajstić information content (AvgIpc) is 1.65. The van der Waals surface area contributed by atoms with Gasteiger partial charge in [0.25, 0.3) is 5.05 Å². The summed E-state index contributed by atoms with van der Waals surface area (Å²) in [6.45, 7) is 0. The van der Waals surface area contributed by atoms with Gasteiger partial charge in [-0.2, -0.15) is 0 Å². The van der Waals surface area contributed by atoms with E-state index in [1.165, 1.54) is 7.11 Å². The van der Waals surface area contributed by atoms with Gasteiger partial charge >= 0.3 is 5.97 Å². The molecule has 1 N–H and O–H groups in total. The Morgan fingerprint density at radius 1 is 1.86 bits per heavy atom. The predicted molar refractivity (Wildman–Crippen MR) is 27.2 cm³/mol. The normalized spacial score (nSPS) is 7.57. The summed E-state index contributed by atoms with van der Waals surface area (Å²) in [4.78, 5) is 9.66. The third-order valence-corrected chi connectivity index (χ3v) is 0.701. The van der Waals surface area contributed by atoms with Crippen molar-refractivity contribution in [2.75, 3.05) is 7.11 Å². The zero-order valence-corrected chi connectivity index (χ0v) is 4.49. The summed E-state index contributed by atoms with van der Waals surface area (Å²) >= 11 is 4.16.